The summed E-state index contributed by atoms with van der Waals surface area (Å²) in [7, 11) is 1.15. The summed E-state index contributed by atoms with van der Waals surface area (Å²) >= 11 is 0.780. The fourth-order valence-corrected chi connectivity index (χ4v) is 1.50. The summed E-state index contributed by atoms with van der Waals surface area (Å²) in [5, 5.41) is 1.92. The fourth-order valence-electron chi connectivity index (χ4n) is 0.878. The number of thioether (sulfide) groups is 1. The van der Waals surface area contributed by atoms with Crippen LogP contribution < -0.4 is 5.32 Å². The second-order valence-electron chi connectivity index (χ2n) is 3.76. The molecule has 7 heteroatoms. The van der Waals surface area contributed by atoms with Gasteiger partial charge in [0.25, 0.3) is 5.12 Å². The van der Waals surface area contributed by atoms with E-state index in [1.807, 2.05) is 0 Å². The van der Waals surface area contributed by atoms with Gasteiger partial charge in [0.05, 0.1) is 7.11 Å². The maximum Gasteiger partial charge on any atom is 0.313 e. The van der Waals surface area contributed by atoms with Crippen LogP contribution in [0.5, 0.6) is 0 Å². The molecule has 0 aromatic rings. The van der Waals surface area contributed by atoms with E-state index in [1.165, 1.54) is 0 Å². The Morgan fingerprint density at radius 2 is 1.83 bits per heavy atom. The van der Waals surface area contributed by atoms with E-state index in [0.29, 0.717) is 12.3 Å². The third-order valence-electron chi connectivity index (χ3n) is 1.92. The highest BCUT2D eigenvalue weighted by atomic mass is 32.2. The summed E-state index contributed by atoms with van der Waals surface area (Å²) in [4.78, 5) is 44.4. The third-order valence-corrected chi connectivity index (χ3v) is 2.82. The van der Waals surface area contributed by atoms with Crippen LogP contribution in [0.4, 0.5) is 0 Å². The van der Waals surface area contributed by atoms with Gasteiger partial charge in [-0.05, 0) is 0 Å². The summed E-state index contributed by atoms with van der Waals surface area (Å²) in [5.41, 5.74) is 0. The highest BCUT2D eigenvalue weighted by Gasteiger charge is 2.18. The maximum absolute atomic E-state index is 11.3. The monoisotopic (exact) mass is 275 g/mol. The smallest absolute Gasteiger partial charge is 0.313 e. The van der Waals surface area contributed by atoms with Crippen molar-refractivity contribution in [3.05, 3.63) is 0 Å². The summed E-state index contributed by atoms with van der Waals surface area (Å²) in [6, 6.07) is 0. The lowest BCUT2D eigenvalue weighted by Gasteiger charge is -2.06. The summed E-state index contributed by atoms with van der Waals surface area (Å²) in [5.74, 6) is -1.45. The van der Waals surface area contributed by atoms with Gasteiger partial charge < -0.3 is 10.1 Å². The van der Waals surface area contributed by atoms with Crippen LogP contribution in [0.2, 0.25) is 0 Å². The van der Waals surface area contributed by atoms with Crippen molar-refractivity contribution in [2.45, 2.75) is 20.3 Å². The van der Waals surface area contributed by atoms with Crippen LogP contribution in [-0.4, -0.2) is 42.2 Å². The van der Waals surface area contributed by atoms with Gasteiger partial charge in [-0.15, -0.1) is 0 Å². The van der Waals surface area contributed by atoms with Gasteiger partial charge in [0, 0.05) is 18.2 Å². The molecular formula is C11H17NO5S. The Morgan fingerprint density at radius 3 is 2.33 bits per heavy atom. The normalized spacial score (nSPS) is 10.0. The number of hydrogen-bond acceptors (Lipinski definition) is 6. The van der Waals surface area contributed by atoms with Gasteiger partial charge in [-0.25, -0.2) is 0 Å². The Kier molecular flexibility index (Phi) is 8.02. The minimum atomic E-state index is -0.790. The number of methoxy groups -OCH3 is 1. The molecule has 0 aliphatic rings. The first-order chi connectivity index (χ1) is 8.38. The minimum Gasteiger partial charge on any atom is -0.469 e. The van der Waals surface area contributed by atoms with Crippen molar-refractivity contribution in [2.75, 3.05) is 19.4 Å². The van der Waals surface area contributed by atoms with E-state index in [9.17, 15) is 19.2 Å². The molecule has 0 aromatic heterocycles. The molecule has 0 fully saturated rings. The Hall–Kier alpha value is -1.37. The molecule has 18 heavy (non-hydrogen) atoms. The lowest BCUT2D eigenvalue weighted by Crippen LogP contribution is -2.30. The van der Waals surface area contributed by atoms with Crippen LogP contribution in [0, 0.1) is 5.92 Å². The number of esters is 1. The van der Waals surface area contributed by atoms with Crippen molar-refractivity contribution in [2.24, 2.45) is 5.92 Å². The van der Waals surface area contributed by atoms with E-state index >= 15 is 0 Å². The number of rotatable bonds is 7. The highest BCUT2D eigenvalue weighted by molar-refractivity contribution is 8.15. The molecule has 0 aliphatic heterocycles. The van der Waals surface area contributed by atoms with Gasteiger partial charge in [-0.2, -0.15) is 0 Å². The number of ketones is 1. The number of amides is 1. The first kappa shape index (κ1) is 16.6. The molecule has 0 rings (SSSR count). The third kappa shape index (κ3) is 7.05. The van der Waals surface area contributed by atoms with Gasteiger partial charge in [0.1, 0.15) is 6.42 Å². The van der Waals surface area contributed by atoms with Gasteiger partial charge >= 0.3 is 5.97 Å². The molecule has 102 valence electrons. The second kappa shape index (κ2) is 8.68. The molecule has 6 nitrogen and oxygen atoms in total. The Labute approximate surface area is 110 Å². The quantitative estimate of drug-likeness (QED) is 0.308. The van der Waals surface area contributed by atoms with Gasteiger partial charge in [0.15, 0.2) is 0 Å². The predicted octanol–water partition coefficient (Wildman–Crippen LogP) is 0.151. The fraction of sp³-hybridized carbons (Fsp3) is 0.636. The van der Waals surface area contributed by atoms with Crippen LogP contribution in [0.25, 0.3) is 0 Å². The van der Waals surface area contributed by atoms with E-state index in [-0.39, 0.29) is 11.8 Å². The van der Waals surface area contributed by atoms with Crippen molar-refractivity contribution in [1.82, 2.24) is 5.32 Å². The van der Waals surface area contributed by atoms with Gasteiger partial charge in [-0.1, -0.05) is 25.6 Å². The molecule has 0 aromatic carbocycles. The van der Waals surface area contributed by atoms with E-state index in [4.69, 9.17) is 0 Å². The molecule has 0 bridgehead atoms. The maximum atomic E-state index is 11.3. The molecule has 0 unspecified atom stereocenters. The Bertz CT molecular complexity index is 340. The Balaban J connectivity index is 3.80. The predicted molar refractivity (Wildman–Crippen MR) is 67.0 cm³/mol. The molecule has 0 heterocycles. The van der Waals surface area contributed by atoms with Crippen LogP contribution in [0.15, 0.2) is 0 Å². The zero-order valence-electron chi connectivity index (χ0n) is 10.6. The molecule has 0 saturated carbocycles. The zero-order valence-corrected chi connectivity index (χ0v) is 11.5. The molecule has 0 atom stereocenters. The van der Waals surface area contributed by atoms with Crippen molar-refractivity contribution in [3.8, 4) is 0 Å². The lowest BCUT2D eigenvalue weighted by molar-refractivity contribution is -0.145. The molecule has 0 radical (unpaired) electrons. The van der Waals surface area contributed by atoms with Crippen molar-refractivity contribution >= 4 is 34.5 Å². The molecule has 0 spiro atoms. The van der Waals surface area contributed by atoms with Crippen molar-refractivity contribution in [1.29, 1.82) is 0 Å². The lowest BCUT2D eigenvalue weighted by atomic mass is 10.2. The number of carbonyl (C=O) groups excluding carboxylic acids is 4. The molecule has 0 saturated heterocycles. The zero-order chi connectivity index (χ0) is 14.1. The number of ether oxygens (including phenoxy) is 1. The van der Waals surface area contributed by atoms with Crippen LogP contribution >= 0.6 is 11.8 Å². The van der Waals surface area contributed by atoms with Gasteiger partial charge in [-0.3, -0.25) is 19.2 Å². The topological polar surface area (TPSA) is 89.5 Å². The van der Waals surface area contributed by atoms with E-state index in [2.05, 4.69) is 10.1 Å². The summed E-state index contributed by atoms with van der Waals surface area (Å²) in [6.07, 6.45) is -0.541. The van der Waals surface area contributed by atoms with E-state index in [0.717, 1.165) is 18.9 Å². The number of nitrogens with one attached hydrogen (secondary N) is 1. The summed E-state index contributed by atoms with van der Waals surface area (Å²) < 4.78 is 4.28. The average Bonchev–Trinajstić information content (AvgIpc) is 2.33. The van der Waals surface area contributed by atoms with E-state index < -0.39 is 23.3 Å². The Morgan fingerprint density at radius 1 is 1.22 bits per heavy atom. The number of Topliss-reactive ketones (excluding diaryl/α,β-unsaturated/α-hetero) is 1. The SMILES string of the molecule is COC(=O)CC(=O)C(=O)SCCNC(=O)C(C)C. The molecule has 0 aliphatic carbocycles. The highest BCUT2D eigenvalue weighted by Crippen LogP contribution is 2.04. The average molecular weight is 275 g/mol. The number of carbonyl (C=O) groups is 4. The molecule has 1 amide bonds. The molecular weight excluding hydrogens is 258 g/mol. The summed E-state index contributed by atoms with van der Waals surface area (Å²) in [6.45, 7) is 3.82. The van der Waals surface area contributed by atoms with Gasteiger partial charge in [0.2, 0.25) is 11.7 Å². The minimum absolute atomic E-state index is 0.107. The first-order valence-corrected chi connectivity index (χ1v) is 6.41. The van der Waals surface area contributed by atoms with E-state index in [1.54, 1.807) is 13.8 Å². The standard InChI is InChI=1S/C11H17NO5S/c1-7(2)10(15)12-4-5-18-11(16)8(13)6-9(14)17-3/h7H,4-6H2,1-3H3,(H,12,15). The van der Waals surface area contributed by atoms with Crippen LogP contribution in [0.1, 0.15) is 20.3 Å². The largest absolute Gasteiger partial charge is 0.469 e. The first-order valence-electron chi connectivity index (χ1n) is 5.43. The second-order valence-corrected chi connectivity index (χ2v) is 4.83. The van der Waals surface area contributed by atoms with Crippen molar-refractivity contribution < 1.29 is 23.9 Å². The number of hydrogen-bond donors (Lipinski definition) is 1. The van der Waals surface area contributed by atoms with Crippen molar-refractivity contribution in [3.63, 3.8) is 0 Å². The van der Waals surface area contributed by atoms with Crippen LogP contribution in [-0.2, 0) is 23.9 Å². The van der Waals surface area contributed by atoms with Crippen LogP contribution in [0.3, 0.4) is 0 Å². The molecule has 1 N–H and O–H groups in total.